The summed E-state index contributed by atoms with van der Waals surface area (Å²) in [6.07, 6.45) is 4.38. The lowest BCUT2D eigenvalue weighted by atomic mass is 10.2. The van der Waals surface area contributed by atoms with Gasteiger partial charge in [0.1, 0.15) is 5.76 Å². The van der Waals surface area contributed by atoms with E-state index in [2.05, 4.69) is 27.5 Å². The Morgan fingerprint density at radius 1 is 1.50 bits per heavy atom. The Morgan fingerprint density at radius 2 is 2.40 bits per heavy atom. The van der Waals surface area contributed by atoms with E-state index in [1.165, 1.54) is 0 Å². The molecule has 0 spiro atoms. The summed E-state index contributed by atoms with van der Waals surface area (Å²) < 4.78 is 5.29. The summed E-state index contributed by atoms with van der Waals surface area (Å²) in [4.78, 5) is 8.53. The quantitative estimate of drug-likeness (QED) is 0.633. The van der Waals surface area contributed by atoms with E-state index in [1.807, 2.05) is 23.7 Å². The monoisotopic (exact) mass is 292 g/mol. The van der Waals surface area contributed by atoms with Gasteiger partial charge >= 0.3 is 0 Å². The summed E-state index contributed by atoms with van der Waals surface area (Å²) in [6, 6.07) is 3.88. The van der Waals surface area contributed by atoms with Crippen LogP contribution in [0.15, 0.2) is 39.4 Å². The minimum atomic E-state index is 0.374. The first-order valence-corrected chi connectivity index (χ1v) is 7.54. The number of nitrogens with one attached hydrogen (secondary N) is 2. The zero-order chi connectivity index (χ0) is 14.2. The van der Waals surface area contributed by atoms with Gasteiger partial charge in [-0.2, -0.15) is 0 Å². The van der Waals surface area contributed by atoms with Crippen molar-refractivity contribution in [2.75, 3.05) is 20.1 Å². The highest BCUT2D eigenvalue weighted by Crippen LogP contribution is 2.16. The van der Waals surface area contributed by atoms with E-state index in [4.69, 9.17) is 4.42 Å². The predicted octanol–water partition coefficient (Wildman–Crippen LogP) is 2.25. The van der Waals surface area contributed by atoms with Gasteiger partial charge in [0, 0.05) is 44.1 Å². The molecule has 0 radical (unpaired) electrons. The molecule has 0 amide bonds. The van der Waals surface area contributed by atoms with Crippen LogP contribution in [-0.2, 0) is 6.42 Å². The van der Waals surface area contributed by atoms with Crippen molar-refractivity contribution in [1.82, 2.24) is 15.6 Å². The Kier molecular flexibility index (Phi) is 5.61. The standard InChI is InChI=1S/C14H20N4OS/c1-11(13-16-7-9-20-13)10-18-14(15-2)17-6-5-12-4-3-8-19-12/h3-4,7-9,11H,5-6,10H2,1-2H3,(H2,15,17,18). The molecule has 6 heteroatoms. The molecule has 0 saturated heterocycles. The average Bonchev–Trinajstić information content (AvgIpc) is 3.14. The highest BCUT2D eigenvalue weighted by atomic mass is 32.1. The third kappa shape index (κ3) is 4.38. The van der Waals surface area contributed by atoms with Crippen LogP contribution in [0.4, 0.5) is 0 Å². The summed E-state index contributed by atoms with van der Waals surface area (Å²) >= 11 is 1.68. The largest absolute Gasteiger partial charge is 0.469 e. The maximum absolute atomic E-state index is 5.29. The second-order valence-electron chi connectivity index (χ2n) is 4.48. The van der Waals surface area contributed by atoms with Gasteiger partial charge in [0.15, 0.2) is 5.96 Å². The maximum atomic E-state index is 5.29. The molecule has 2 aromatic rings. The van der Waals surface area contributed by atoms with Gasteiger partial charge in [-0.1, -0.05) is 6.92 Å². The van der Waals surface area contributed by atoms with Crippen molar-refractivity contribution in [2.24, 2.45) is 4.99 Å². The van der Waals surface area contributed by atoms with Crippen LogP contribution in [0.3, 0.4) is 0 Å². The third-order valence-corrected chi connectivity index (χ3v) is 3.92. The molecule has 2 rings (SSSR count). The van der Waals surface area contributed by atoms with E-state index in [-0.39, 0.29) is 0 Å². The van der Waals surface area contributed by atoms with E-state index in [9.17, 15) is 0 Å². The fraction of sp³-hybridized carbons (Fsp3) is 0.429. The van der Waals surface area contributed by atoms with Gasteiger partial charge in [-0.25, -0.2) is 4.98 Å². The van der Waals surface area contributed by atoms with E-state index < -0.39 is 0 Å². The summed E-state index contributed by atoms with van der Waals surface area (Å²) in [5.74, 6) is 2.16. The molecule has 20 heavy (non-hydrogen) atoms. The van der Waals surface area contributed by atoms with Crippen LogP contribution in [0.2, 0.25) is 0 Å². The summed E-state index contributed by atoms with van der Waals surface area (Å²) in [7, 11) is 1.77. The van der Waals surface area contributed by atoms with Crippen molar-refractivity contribution in [2.45, 2.75) is 19.3 Å². The Hall–Kier alpha value is -1.82. The molecule has 0 aliphatic rings. The van der Waals surface area contributed by atoms with Crippen molar-refractivity contribution < 1.29 is 4.42 Å². The van der Waals surface area contributed by atoms with E-state index in [1.54, 1.807) is 24.6 Å². The summed E-state index contributed by atoms with van der Waals surface area (Å²) in [6.45, 7) is 3.76. The van der Waals surface area contributed by atoms with Crippen molar-refractivity contribution in [1.29, 1.82) is 0 Å². The first kappa shape index (κ1) is 14.6. The summed E-state index contributed by atoms with van der Waals surface area (Å²) in [5, 5.41) is 9.73. The number of hydrogen-bond donors (Lipinski definition) is 2. The van der Waals surface area contributed by atoms with Gasteiger partial charge in [0.05, 0.1) is 11.3 Å². The highest BCUT2D eigenvalue weighted by Gasteiger charge is 2.08. The van der Waals surface area contributed by atoms with Crippen LogP contribution in [0.1, 0.15) is 23.6 Å². The van der Waals surface area contributed by atoms with Crippen LogP contribution < -0.4 is 10.6 Å². The Morgan fingerprint density at radius 3 is 3.05 bits per heavy atom. The fourth-order valence-electron chi connectivity index (χ4n) is 1.79. The number of guanidine groups is 1. The van der Waals surface area contributed by atoms with E-state index >= 15 is 0 Å². The molecule has 0 aromatic carbocycles. The van der Waals surface area contributed by atoms with E-state index in [0.717, 1.165) is 36.2 Å². The van der Waals surface area contributed by atoms with Gasteiger partial charge in [0.2, 0.25) is 0 Å². The molecule has 0 saturated carbocycles. The van der Waals surface area contributed by atoms with Crippen LogP contribution in [-0.4, -0.2) is 31.1 Å². The molecule has 5 nitrogen and oxygen atoms in total. The van der Waals surface area contributed by atoms with Crippen molar-refractivity contribution in [3.05, 3.63) is 40.7 Å². The smallest absolute Gasteiger partial charge is 0.191 e. The molecule has 0 aliphatic carbocycles. The molecule has 0 aliphatic heterocycles. The van der Waals surface area contributed by atoms with Crippen molar-refractivity contribution in [3.8, 4) is 0 Å². The predicted molar refractivity (Wildman–Crippen MR) is 82.3 cm³/mol. The molecular formula is C14H20N4OS. The number of hydrogen-bond acceptors (Lipinski definition) is 4. The zero-order valence-corrected chi connectivity index (χ0v) is 12.6. The molecular weight excluding hydrogens is 272 g/mol. The normalized spacial score (nSPS) is 13.2. The van der Waals surface area contributed by atoms with Gasteiger partial charge in [0.25, 0.3) is 0 Å². The van der Waals surface area contributed by atoms with Gasteiger partial charge in [-0.3, -0.25) is 4.99 Å². The third-order valence-electron chi connectivity index (χ3n) is 2.92. The lowest BCUT2D eigenvalue weighted by Crippen LogP contribution is -2.39. The Bertz CT molecular complexity index is 507. The van der Waals surface area contributed by atoms with Crippen LogP contribution in [0.5, 0.6) is 0 Å². The zero-order valence-electron chi connectivity index (χ0n) is 11.8. The first-order valence-electron chi connectivity index (χ1n) is 6.66. The van der Waals surface area contributed by atoms with Crippen molar-refractivity contribution >= 4 is 17.3 Å². The lowest BCUT2D eigenvalue weighted by Gasteiger charge is -2.14. The second-order valence-corrected chi connectivity index (χ2v) is 5.41. The SMILES string of the molecule is CN=C(NCCc1ccco1)NCC(C)c1nccs1. The van der Waals surface area contributed by atoms with Crippen molar-refractivity contribution in [3.63, 3.8) is 0 Å². The number of nitrogens with zero attached hydrogens (tertiary/aromatic N) is 2. The van der Waals surface area contributed by atoms with Gasteiger partial charge in [-0.15, -0.1) is 11.3 Å². The Balaban J connectivity index is 1.70. The lowest BCUT2D eigenvalue weighted by molar-refractivity contribution is 0.506. The Labute approximate surface area is 123 Å². The number of rotatable bonds is 6. The average molecular weight is 292 g/mol. The molecule has 1 atom stereocenters. The van der Waals surface area contributed by atoms with Crippen LogP contribution >= 0.6 is 11.3 Å². The first-order chi connectivity index (χ1) is 9.79. The maximum Gasteiger partial charge on any atom is 0.191 e. The second kappa shape index (κ2) is 7.69. The molecule has 2 aromatic heterocycles. The van der Waals surface area contributed by atoms with Crippen LogP contribution in [0.25, 0.3) is 0 Å². The number of furan rings is 1. The number of aromatic nitrogens is 1. The van der Waals surface area contributed by atoms with Crippen LogP contribution in [0, 0.1) is 0 Å². The number of aliphatic imine (C=N–C) groups is 1. The minimum Gasteiger partial charge on any atom is -0.469 e. The minimum absolute atomic E-state index is 0.374. The molecule has 2 N–H and O–H groups in total. The van der Waals surface area contributed by atoms with Gasteiger partial charge < -0.3 is 15.1 Å². The van der Waals surface area contributed by atoms with Gasteiger partial charge in [-0.05, 0) is 12.1 Å². The van der Waals surface area contributed by atoms with E-state index in [0.29, 0.717) is 5.92 Å². The topological polar surface area (TPSA) is 62.5 Å². The number of thiazole rings is 1. The fourth-order valence-corrected chi connectivity index (χ4v) is 2.49. The highest BCUT2D eigenvalue weighted by molar-refractivity contribution is 7.09. The molecule has 2 heterocycles. The molecule has 0 fully saturated rings. The molecule has 1 unspecified atom stereocenters. The molecule has 108 valence electrons. The molecule has 0 bridgehead atoms. The summed E-state index contributed by atoms with van der Waals surface area (Å²) in [5.41, 5.74) is 0.